The fraction of sp³-hybridized carbons (Fsp3) is 0.655. The van der Waals surface area contributed by atoms with Gasteiger partial charge in [-0.3, -0.25) is 0 Å². The van der Waals surface area contributed by atoms with Crippen molar-refractivity contribution >= 4 is 11.6 Å². The third kappa shape index (κ3) is 7.07. The van der Waals surface area contributed by atoms with Gasteiger partial charge < -0.3 is 24.4 Å². The summed E-state index contributed by atoms with van der Waals surface area (Å²) in [7, 11) is 3.14. The SMILES string of the molecule is CCCCCCCC(CC)(OC)n1cc(C[C@H]2O[C@H](CO)[C@H](O)[C@H](n3cc(-c4ccc(Cl)c(F)c4F)nn3)[C@H]2OC)nn1. The topological polar surface area (TPSA) is 130 Å². The van der Waals surface area contributed by atoms with Crippen molar-refractivity contribution in [3.63, 3.8) is 0 Å². The van der Waals surface area contributed by atoms with Crippen LogP contribution in [0.2, 0.25) is 5.02 Å². The lowest BCUT2D eigenvalue weighted by molar-refractivity contribution is -0.212. The van der Waals surface area contributed by atoms with Crippen LogP contribution in [0.3, 0.4) is 0 Å². The minimum Gasteiger partial charge on any atom is -0.394 e. The molecular weight excluding hydrogens is 586 g/mol. The van der Waals surface area contributed by atoms with Crippen LogP contribution in [0.25, 0.3) is 11.3 Å². The van der Waals surface area contributed by atoms with Crippen molar-refractivity contribution in [1.29, 1.82) is 0 Å². The van der Waals surface area contributed by atoms with Crippen LogP contribution in [-0.4, -0.2) is 85.4 Å². The van der Waals surface area contributed by atoms with Crippen molar-refractivity contribution in [3.05, 3.63) is 46.9 Å². The van der Waals surface area contributed by atoms with E-state index in [0.717, 1.165) is 19.3 Å². The fourth-order valence-electron chi connectivity index (χ4n) is 5.79. The molecule has 2 aromatic heterocycles. The van der Waals surface area contributed by atoms with Gasteiger partial charge in [0.2, 0.25) is 0 Å². The maximum absolute atomic E-state index is 14.6. The highest BCUT2D eigenvalue weighted by atomic mass is 35.5. The molecule has 0 amide bonds. The molecule has 6 atom stereocenters. The second kappa shape index (κ2) is 15.0. The molecule has 1 aromatic carbocycles. The van der Waals surface area contributed by atoms with Gasteiger partial charge >= 0.3 is 0 Å². The molecule has 1 fully saturated rings. The minimum absolute atomic E-state index is 0.0341. The van der Waals surface area contributed by atoms with E-state index in [1.807, 2.05) is 6.20 Å². The molecular formula is C29H41ClF2N6O5. The zero-order chi connectivity index (χ0) is 31.1. The van der Waals surface area contributed by atoms with Gasteiger partial charge in [-0.2, -0.15) is 0 Å². The number of nitrogens with zero attached hydrogens (tertiary/aromatic N) is 6. The molecule has 11 nitrogen and oxygen atoms in total. The third-order valence-corrected chi connectivity index (χ3v) is 8.63. The Hall–Kier alpha value is -2.55. The van der Waals surface area contributed by atoms with Gasteiger partial charge in [0.15, 0.2) is 17.4 Å². The lowest BCUT2D eigenvalue weighted by Gasteiger charge is -2.43. The van der Waals surface area contributed by atoms with Gasteiger partial charge in [-0.15, -0.1) is 10.2 Å². The van der Waals surface area contributed by atoms with Crippen molar-refractivity contribution in [2.45, 2.75) is 101 Å². The van der Waals surface area contributed by atoms with E-state index >= 15 is 0 Å². The second-order valence-electron chi connectivity index (χ2n) is 10.9. The van der Waals surface area contributed by atoms with Gasteiger partial charge in [-0.05, 0) is 31.4 Å². The molecule has 4 rings (SSSR count). The summed E-state index contributed by atoms with van der Waals surface area (Å²) in [5, 5.41) is 37.7. The molecule has 2 N–H and O–H groups in total. The highest BCUT2D eigenvalue weighted by Gasteiger charge is 2.47. The Morgan fingerprint density at radius 3 is 2.47 bits per heavy atom. The Balaban J connectivity index is 1.57. The number of rotatable bonds is 15. The average molecular weight is 627 g/mol. The van der Waals surface area contributed by atoms with Gasteiger partial charge in [-0.1, -0.05) is 61.6 Å². The molecule has 1 aliphatic heterocycles. The molecule has 0 aliphatic carbocycles. The summed E-state index contributed by atoms with van der Waals surface area (Å²) in [6.07, 6.45) is 6.94. The summed E-state index contributed by atoms with van der Waals surface area (Å²) in [5.41, 5.74) is -0.131. The zero-order valence-corrected chi connectivity index (χ0v) is 25.8. The first-order valence-corrected chi connectivity index (χ1v) is 15.1. The van der Waals surface area contributed by atoms with E-state index in [4.69, 9.17) is 25.8 Å². The van der Waals surface area contributed by atoms with E-state index in [1.54, 1.807) is 11.8 Å². The molecule has 43 heavy (non-hydrogen) atoms. The normalized spacial score (nSPS) is 23.9. The summed E-state index contributed by atoms with van der Waals surface area (Å²) < 4.78 is 49.6. The lowest BCUT2D eigenvalue weighted by atomic mass is 9.90. The number of aromatic nitrogens is 6. The molecule has 3 heterocycles. The Morgan fingerprint density at radius 1 is 1.02 bits per heavy atom. The molecule has 0 bridgehead atoms. The third-order valence-electron chi connectivity index (χ3n) is 8.33. The molecule has 1 unspecified atom stereocenters. The fourth-order valence-corrected chi connectivity index (χ4v) is 5.94. The molecule has 0 spiro atoms. The van der Waals surface area contributed by atoms with Gasteiger partial charge in [0.1, 0.15) is 30.0 Å². The summed E-state index contributed by atoms with van der Waals surface area (Å²) in [5.74, 6) is -2.36. The van der Waals surface area contributed by atoms with Gasteiger partial charge in [0, 0.05) is 26.2 Å². The first-order valence-electron chi connectivity index (χ1n) is 14.7. The molecule has 3 aromatic rings. The second-order valence-corrected chi connectivity index (χ2v) is 11.3. The Morgan fingerprint density at radius 2 is 1.79 bits per heavy atom. The predicted molar refractivity (Wildman–Crippen MR) is 154 cm³/mol. The number of ether oxygens (including phenoxy) is 3. The van der Waals surface area contributed by atoms with E-state index in [-0.39, 0.29) is 22.7 Å². The van der Waals surface area contributed by atoms with Crippen molar-refractivity contribution in [3.8, 4) is 11.3 Å². The Bertz CT molecular complexity index is 1320. The molecule has 0 saturated carbocycles. The number of benzene rings is 1. The van der Waals surface area contributed by atoms with E-state index in [0.29, 0.717) is 12.1 Å². The van der Waals surface area contributed by atoms with Crippen LogP contribution in [0.4, 0.5) is 8.78 Å². The number of aliphatic hydroxyl groups excluding tert-OH is 2. The van der Waals surface area contributed by atoms with Gasteiger partial charge in [-0.25, -0.2) is 18.1 Å². The predicted octanol–water partition coefficient (Wildman–Crippen LogP) is 4.46. The Labute approximate surface area is 255 Å². The monoisotopic (exact) mass is 626 g/mol. The summed E-state index contributed by atoms with van der Waals surface area (Å²) in [4.78, 5) is 0. The van der Waals surface area contributed by atoms with E-state index < -0.39 is 54.4 Å². The number of aliphatic hydroxyl groups is 2. The first-order chi connectivity index (χ1) is 20.7. The van der Waals surface area contributed by atoms with Crippen LogP contribution < -0.4 is 0 Å². The number of unbranched alkanes of at least 4 members (excludes halogenated alkanes) is 4. The number of hydrogen-bond donors (Lipinski definition) is 2. The van der Waals surface area contributed by atoms with Crippen molar-refractivity contribution in [2.24, 2.45) is 0 Å². The van der Waals surface area contributed by atoms with Crippen LogP contribution in [0, 0.1) is 11.6 Å². The minimum atomic E-state index is -1.25. The van der Waals surface area contributed by atoms with Crippen molar-refractivity contribution < 1.29 is 33.2 Å². The lowest BCUT2D eigenvalue weighted by Crippen LogP contribution is -2.57. The largest absolute Gasteiger partial charge is 0.394 e. The Kier molecular flexibility index (Phi) is 11.6. The molecule has 14 heteroatoms. The van der Waals surface area contributed by atoms with Crippen LogP contribution in [0.1, 0.15) is 70.5 Å². The van der Waals surface area contributed by atoms with Crippen molar-refractivity contribution in [2.75, 3.05) is 20.8 Å². The standard InChI is InChI=1S/C29H41ClF2N6O5/c1-5-7-8-9-10-13-29(6-2,42-4)38-15-18(33-36-38)14-22-28(41-3)26(27(40)23(17-39)43-22)37-16-21(34-35-37)19-11-12-20(30)25(32)24(19)31/h11-12,15-16,22-23,26-28,39-40H,5-10,13-14,17H2,1-4H3/t22-,23-,26+,27+,28+,29?/m1/s1. The molecule has 1 aliphatic rings. The van der Waals surface area contributed by atoms with Crippen molar-refractivity contribution in [1.82, 2.24) is 30.0 Å². The van der Waals surface area contributed by atoms with E-state index in [1.165, 1.54) is 49.4 Å². The quantitative estimate of drug-likeness (QED) is 0.186. The van der Waals surface area contributed by atoms with Crippen LogP contribution in [-0.2, 0) is 26.4 Å². The van der Waals surface area contributed by atoms with Gasteiger partial charge in [0.25, 0.3) is 0 Å². The maximum atomic E-state index is 14.6. The molecule has 0 radical (unpaired) electrons. The molecule has 238 valence electrons. The van der Waals surface area contributed by atoms with Gasteiger partial charge in [0.05, 0.1) is 35.8 Å². The number of hydrogen-bond acceptors (Lipinski definition) is 9. The zero-order valence-electron chi connectivity index (χ0n) is 25.0. The average Bonchev–Trinajstić information content (AvgIpc) is 3.69. The van der Waals surface area contributed by atoms with Crippen LogP contribution in [0.5, 0.6) is 0 Å². The van der Waals surface area contributed by atoms with E-state index in [9.17, 15) is 19.0 Å². The number of methoxy groups -OCH3 is 2. The summed E-state index contributed by atoms with van der Waals surface area (Å²) in [6, 6.07) is 1.64. The maximum Gasteiger partial charge on any atom is 0.178 e. The van der Waals surface area contributed by atoms with Crippen LogP contribution in [0.15, 0.2) is 24.5 Å². The van der Waals surface area contributed by atoms with E-state index in [2.05, 4.69) is 34.5 Å². The smallest absolute Gasteiger partial charge is 0.178 e. The number of halogens is 3. The van der Waals surface area contributed by atoms with Crippen LogP contribution >= 0.6 is 11.6 Å². The highest BCUT2D eigenvalue weighted by Crippen LogP contribution is 2.35. The summed E-state index contributed by atoms with van der Waals surface area (Å²) >= 11 is 5.69. The molecule has 1 saturated heterocycles. The highest BCUT2D eigenvalue weighted by molar-refractivity contribution is 6.30. The first kappa shape index (κ1) is 33.3. The summed E-state index contributed by atoms with van der Waals surface area (Å²) in [6.45, 7) is 3.76.